The van der Waals surface area contributed by atoms with Gasteiger partial charge in [0.15, 0.2) is 0 Å². The quantitative estimate of drug-likeness (QED) is 0.760. The third kappa shape index (κ3) is 2.55. The van der Waals surface area contributed by atoms with E-state index in [1.54, 1.807) is 17.7 Å². The number of rotatable bonds is 3. The average molecular weight is 247 g/mol. The minimum absolute atomic E-state index is 0.209. The van der Waals surface area contributed by atoms with Crippen molar-refractivity contribution in [1.82, 2.24) is 9.55 Å². The lowest BCUT2D eigenvalue weighted by atomic mass is 10.6. The number of aromatic nitrogens is 2. The summed E-state index contributed by atoms with van der Waals surface area (Å²) in [5.41, 5.74) is 0. The number of carbonyl (C=O) groups is 1. The van der Waals surface area contributed by atoms with Gasteiger partial charge in [-0.3, -0.25) is 4.79 Å². The fourth-order valence-corrected chi connectivity index (χ4v) is 1.45. The monoisotopic (exact) mass is 246 g/mol. The molecule has 0 fully saturated rings. The predicted octanol–water partition coefficient (Wildman–Crippen LogP) is 1.52. The molecule has 0 atom stereocenters. The third-order valence-corrected chi connectivity index (χ3v) is 2.23. The van der Waals surface area contributed by atoms with Crippen molar-refractivity contribution in [2.45, 2.75) is 20.4 Å². The van der Waals surface area contributed by atoms with Gasteiger partial charge in [0.2, 0.25) is 0 Å². The SMILES string of the molecule is CCOC(=O)Cn1c(Br)cnc1C. The Morgan fingerprint density at radius 3 is 2.92 bits per heavy atom. The van der Waals surface area contributed by atoms with Crippen molar-refractivity contribution in [2.75, 3.05) is 6.61 Å². The van der Waals surface area contributed by atoms with E-state index >= 15 is 0 Å². The van der Waals surface area contributed by atoms with Gasteiger partial charge in [-0.25, -0.2) is 4.98 Å². The van der Waals surface area contributed by atoms with E-state index in [0.29, 0.717) is 6.61 Å². The Hall–Kier alpha value is -0.840. The molecule has 1 aromatic rings. The molecule has 0 bridgehead atoms. The number of hydrogen-bond acceptors (Lipinski definition) is 3. The number of hydrogen-bond donors (Lipinski definition) is 0. The van der Waals surface area contributed by atoms with Gasteiger partial charge in [0.1, 0.15) is 17.0 Å². The van der Waals surface area contributed by atoms with Gasteiger partial charge >= 0.3 is 5.97 Å². The summed E-state index contributed by atoms with van der Waals surface area (Å²) in [7, 11) is 0. The zero-order valence-corrected chi connectivity index (χ0v) is 9.17. The van der Waals surface area contributed by atoms with Gasteiger partial charge in [0.25, 0.3) is 0 Å². The maximum Gasteiger partial charge on any atom is 0.326 e. The molecule has 0 aliphatic heterocycles. The van der Waals surface area contributed by atoms with Crippen LogP contribution in [0.1, 0.15) is 12.7 Å². The Balaban J connectivity index is 2.68. The summed E-state index contributed by atoms with van der Waals surface area (Å²) in [6, 6.07) is 0. The fraction of sp³-hybridized carbons (Fsp3) is 0.500. The number of nitrogens with zero attached hydrogens (tertiary/aromatic N) is 2. The first kappa shape index (κ1) is 10.2. The minimum Gasteiger partial charge on any atom is -0.465 e. The van der Waals surface area contributed by atoms with Gasteiger partial charge in [-0.2, -0.15) is 0 Å². The van der Waals surface area contributed by atoms with E-state index in [0.717, 1.165) is 10.4 Å². The van der Waals surface area contributed by atoms with Crippen LogP contribution in [0.4, 0.5) is 0 Å². The van der Waals surface area contributed by atoms with Crippen molar-refractivity contribution >= 4 is 21.9 Å². The van der Waals surface area contributed by atoms with E-state index < -0.39 is 0 Å². The average Bonchev–Trinajstić information content (AvgIpc) is 2.36. The van der Waals surface area contributed by atoms with Crippen molar-refractivity contribution in [3.05, 3.63) is 16.6 Å². The lowest BCUT2D eigenvalue weighted by molar-refractivity contribution is -0.143. The van der Waals surface area contributed by atoms with Gasteiger partial charge in [-0.05, 0) is 29.8 Å². The fourth-order valence-electron chi connectivity index (χ4n) is 0.966. The maximum atomic E-state index is 11.1. The summed E-state index contributed by atoms with van der Waals surface area (Å²) in [6.45, 7) is 4.24. The van der Waals surface area contributed by atoms with E-state index in [-0.39, 0.29) is 12.5 Å². The highest BCUT2D eigenvalue weighted by molar-refractivity contribution is 9.10. The molecule has 5 heteroatoms. The van der Waals surface area contributed by atoms with Crippen molar-refractivity contribution in [1.29, 1.82) is 0 Å². The van der Waals surface area contributed by atoms with Gasteiger partial charge in [0, 0.05) is 0 Å². The van der Waals surface area contributed by atoms with Crippen LogP contribution in [0.15, 0.2) is 10.8 Å². The van der Waals surface area contributed by atoms with Crippen LogP contribution in [-0.2, 0) is 16.1 Å². The summed E-state index contributed by atoms with van der Waals surface area (Å²) in [6.07, 6.45) is 1.66. The molecule has 1 heterocycles. The second-order valence-corrected chi connectivity index (χ2v) is 3.33. The van der Waals surface area contributed by atoms with Gasteiger partial charge in [-0.15, -0.1) is 0 Å². The van der Waals surface area contributed by atoms with E-state index in [2.05, 4.69) is 20.9 Å². The standard InChI is InChI=1S/C8H11BrN2O2/c1-3-13-8(12)5-11-6(2)10-4-7(11)9/h4H,3,5H2,1-2H3. The molecule has 4 nitrogen and oxygen atoms in total. The zero-order valence-electron chi connectivity index (χ0n) is 7.58. The van der Waals surface area contributed by atoms with E-state index in [4.69, 9.17) is 4.74 Å². The van der Waals surface area contributed by atoms with Crippen LogP contribution in [0.2, 0.25) is 0 Å². The molecule has 0 spiro atoms. The summed E-state index contributed by atoms with van der Waals surface area (Å²) >= 11 is 3.29. The Morgan fingerprint density at radius 2 is 2.46 bits per heavy atom. The summed E-state index contributed by atoms with van der Waals surface area (Å²) in [5, 5.41) is 0. The highest BCUT2D eigenvalue weighted by atomic mass is 79.9. The number of imidazole rings is 1. The Morgan fingerprint density at radius 1 is 1.77 bits per heavy atom. The molecule has 1 aromatic heterocycles. The lowest BCUT2D eigenvalue weighted by Gasteiger charge is -2.05. The Bertz CT molecular complexity index is 290. The molecule has 0 saturated carbocycles. The van der Waals surface area contributed by atoms with Crippen molar-refractivity contribution in [3.8, 4) is 0 Å². The Labute approximate surface area is 85.0 Å². The van der Waals surface area contributed by atoms with Crippen LogP contribution >= 0.6 is 15.9 Å². The maximum absolute atomic E-state index is 11.1. The first-order valence-corrected chi connectivity index (χ1v) is 4.77. The molecule has 0 unspecified atom stereocenters. The van der Waals surface area contributed by atoms with Gasteiger partial charge < -0.3 is 9.30 Å². The molecular weight excluding hydrogens is 236 g/mol. The number of ether oxygens (including phenoxy) is 1. The second kappa shape index (κ2) is 4.41. The topological polar surface area (TPSA) is 44.1 Å². The lowest BCUT2D eigenvalue weighted by Crippen LogP contribution is -2.14. The molecule has 0 aliphatic rings. The van der Waals surface area contributed by atoms with Crippen LogP contribution in [-0.4, -0.2) is 22.1 Å². The van der Waals surface area contributed by atoms with Crippen LogP contribution < -0.4 is 0 Å². The number of esters is 1. The molecule has 0 saturated heterocycles. The van der Waals surface area contributed by atoms with Crippen LogP contribution in [0.5, 0.6) is 0 Å². The minimum atomic E-state index is -0.246. The third-order valence-electron chi connectivity index (χ3n) is 1.60. The molecular formula is C8H11BrN2O2. The van der Waals surface area contributed by atoms with Crippen molar-refractivity contribution in [3.63, 3.8) is 0 Å². The normalized spacial score (nSPS) is 10.1. The first-order valence-electron chi connectivity index (χ1n) is 3.98. The summed E-state index contributed by atoms with van der Waals surface area (Å²) < 4.78 is 7.35. The molecule has 0 aliphatic carbocycles. The molecule has 0 radical (unpaired) electrons. The second-order valence-electron chi connectivity index (χ2n) is 2.52. The Kier molecular flexibility index (Phi) is 3.48. The van der Waals surface area contributed by atoms with Gasteiger partial charge in [-0.1, -0.05) is 0 Å². The smallest absolute Gasteiger partial charge is 0.326 e. The predicted molar refractivity (Wildman–Crippen MR) is 51.3 cm³/mol. The summed E-state index contributed by atoms with van der Waals surface area (Å²) in [5.74, 6) is 0.546. The van der Waals surface area contributed by atoms with E-state index in [9.17, 15) is 4.79 Å². The number of carbonyl (C=O) groups excluding carboxylic acids is 1. The van der Waals surface area contributed by atoms with Crippen LogP contribution in [0, 0.1) is 6.92 Å². The molecule has 0 N–H and O–H groups in total. The van der Waals surface area contributed by atoms with Crippen molar-refractivity contribution in [2.24, 2.45) is 0 Å². The molecule has 0 amide bonds. The van der Waals surface area contributed by atoms with E-state index in [1.165, 1.54) is 0 Å². The molecule has 1 rings (SSSR count). The largest absolute Gasteiger partial charge is 0.465 e. The number of halogens is 1. The zero-order chi connectivity index (χ0) is 9.84. The van der Waals surface area contributed by atoms with Crippen LogP contribution in [0.3, 0.4) is 0 Å². The first-order chi connectivity index (χ1) is 6.15. The highest BCUT2D eigenvalue weighted by Crippen LogP contribution is 2.11. The van der Waals surface area contributed by atoms with Gasteiger partial charge in [0.05, 0.1) is 12.8 Å². The van der Waals surface area contributed by atoms with Crippen LogP contribution in [0.25, 0.3) is 0 Å². The van der Waals surface area contributed by atoms with E-state index in [1.807, 2.05) is 6.92 Å². The molecule has 72 valence electrons. The molecule has 0 aromatic carbocycles. The number of aryl methyl sites for hydroxylation is 1. The highest BCUT2D eigenvalue weighted by Gasteiger charge is 2.08. The molecule has 13 heavy (non-hydrogen) atoms. The van der Waals surface area contributed by atoms with Crippen molar-refractivity contribution < 1.29 is 9.53 Å². The summed E-state index contributed by atoms with van der Waals surface area (Å²) in [4.78, 5) is 15.2.